The molecule has 0 aromatic carbocycles. The molecule has 1 aliphatic heterocycles. The highest BCUT2D eigenvalue weighted by molar-refractivity contribution is 6.33. The number of halogens is 1. The molecule has 4 nitrogen and oxygen atoms in total. The van der Waals surface area contributed by atoms with Crippen LogP contribution in [-0.2, 0) is 11.3 Å². The zero-order valence-corrected chi connectivity index (χ0v) is 13.1. The fourth-order valence-corrected chi connectivity index (χ4v) is 2.91. The number of nitrogens with zero attached hydrogens (tertiary/aromatic N) is 2. The monoisotopic (exact) mass is 297 g/mol. The molecule has 1 aromatic rings. The molecular weight excluding hydrogens is 274 g/mol. The summed E-state index contributed by atoms with van der Waals surface area (Å²) in [7, 11) is 1.76. The average Bonchev–Trinajstić information content (AvgIpc) is 2.88. The van der Waals surface area contributed by atoms with Gasteiger partial charge < -0.3 is 15.0 Å². The third kappa shape index (κ3) is 4.08. The smallest absolute Gasteiger partial charge is 0.147 e. The van der Waals surface area contributed by atoms with Crippen molar-refractivity contribution in [3.8, 4) is 0 Å². The quantitative estimate of drug-likeness (QED) is 0.785. The van der Waals surface area contributed by atoms with Crippen LogP contribution in [0.25, 0.3) is 0 Å². The minimum Gasteiger partial charge on any atom is -0.384 e. The predicted molar refractivity (Wildman–Crippen MR) is 83.4 cm³/mol. The maximum Gasteiger partial charge on any atom is 0.147 e. The SMILES string of the molecule is CCCNCc1cnc(N2CCC(COC)C2)c(Cl)c1. The molecule has 0 aliphatic carbocycles. The molecule has 112 valence electrons. The largest absolute Gasteiger partial charge is 0.384 e. The second-order valence-electron chi connectivity index (χ2n) is 5.38. The summed E-state index contributed by atoms with van der Waals surface area (Å²) in [5, 5.41) is 4.11. The van der Waals surface area contributed by atoms with Gasteiger partial charge in [-0.3, -0.25) is 0 Å². The molecule has 0 saturated carbocycles. The van der Waals surface area contributed by atoms with E-state index in [9.17, 15) is 0 Å². The Kier molecular flexibility index (Phi) is 6.07. The van der Waals surface area contributed by atoms with Gasteiger partial charge in [-0.1, -0.05) is 18.5 Å². The number of rotatable bonds is 7. The molecule has 1 saturated heterocycles. The predicted octanol–water partition coefficient (Wildman–Crippen LogP) is 2.71. The molecule has 20 heavy (non-hydrogen) atoms. The first-order valence-corrected chi connectivity index (χ1v) is 7.71. The van der Waals surface area contributed by atoms with Crippen LogP contribution < -0.4 is 10.2 Å². The van der Waals surface area contributed by atoms with Gasteiger partial charge in [0.15, 0.2) is 0 Å². The van der Waals surface area contributed by atoms with Gasteiger partial charge in [-0.2, -0.15) is 0 Å². The van der Waals surface area contributed by atoms with Crippen LogP contribution in [0.1, 0.15) is 25.3 Å². The first kappa shape index (κ1) is 15.5. The highest BCUT2D eigenvalue weighted by Crippen LogP contribution is 2.29. The van der Waals surface area contributed by atoms with Gasteiger partial charge in [-0.05, 0) is 31.0 Å². The van der Waals surface area contributed by atoms with Gasteiger partial charge in [-0.15, -0.1) is 0 Å². The lowest BCUT2D eigenvalue weighted by Crippen LogP contribution is -2.22. The summed E-state index contributed by atoms with van der Waals surface area (Å²) in [4.78, 5) is 6.81. The van der Waals surface area contributed by atoms with Crippen molar-refractivity contribution in [3.05, 3.63) is 22.8 Å². The first-order valence-electron chi connectivity index (χ1n) is 7.33. The van der Waals surface area contributed by atoms with E-state index in [1.54, 1.807) is 7.11 Å². The summed E-state index contributed by atoms with van der Waals surface area (Å²) >= 11 is 6.38. The molecule has 1 unspecified atom stereocenters. The van der Waals surface area contributed by atoms with Crippen LogP contribution >= 0.6 is 11.6 Å². The van der Waals surface area contributed by atoms with Crippen molar-refractivity contribution in [2.75, 3.05) is 38.3 Å². The standard InChI is InChI=1S/C15H24ClN3O/c1-3-5-17-8-13-7-14(16)15(18-9-13)19-6-4-12(10-19)11-20-2/h7,9,12,17H,3-6,8,10-11H2,1-2H3. The minimum atomic E-state index is 0.587. The van der Waals surface area contributed by atoms with E-state index in [2.05, 4.69) is 22.1 Å². The van der Waals surface area contributed by atoms with Gasteiger partial charge in [0, 0.05) is 38.9 Å². The van der Waals surface area contributed by atoms with E-state index in [1.165, 1.54) is 0 Å². The summed E-state index contributed by atoms with van der Waals surface area (Å²) in [5.74, 6) is 1.49. The van der Waals surface area contributed by atoms with Crippen LogP contribution in [0.3, 0.4) is 0 Å². The van der Waals surface area contributed by atoms with Gasteiger partial charge >= 0.3 is 0 Å². The molecule has 2 heterocycles. The number of hydrogen-bond acceptors (Lipinski definition) is 4. The molecule has 1 aromatic heterocycles. The van der Waals surface area contributed by atoms with Gasteiger partial charge in [0.25, 0.3) is 0 Å². The fourth-order valence-electron chi connectivity index (χ4n) is 2.61. The molecule has 2 rings (SSSR count). The van der Waals surface area contributed by atoms with E-state index in [-0.39, 0.29) is 0 Å². The van der Waals surface area contributed by atoms with Gasteiger partial charge in [-0.25, -0.2) is 4.98 Å². The zero-order chi connectivity index (χ0) is 14.4. The summed E-state index contributed by atoms with van der Waals surface area (Å²) in [6, 6.07) is 2.02. The van der Waals surface area contributed by atoms with E-state index in [1.807, 2.05) is 12.3 Å². The van der Waals surface area contributed by atoms with Crippen LogP contribution in [0.15, 0.2) is 12.3 Å². The van der Waals surface area contributed by atoms with Crippen molar-refractivity contribution in [3.63, 3.8) is 0 Å². The molecule has 0 radical (unpaired) electrons. The summed E-state index contributed by atoms with van der Waals surface area (Å²) in [6.45, 7) is 6.80. The Morgan fingerprint density at radius 3 is 3.10 bits per heavy atom. The average molecular weight is 298 g/mol. The first-order chi connectivity index (χ1) is 9.74. The Balaban J connectivity index is 1.96. The van der Waals surface area contributed by atoms with Gasteiger partial charge in [0.2, 0.25) is 0 Å². The fraction of sp³-hybridized carbons (Fsp3) is 0.667. The van der Waals surface area contributed by atoms with Crippen molar-refractivity contribution >= 4 is 17.4 Å². The third-order valence-electron chi connectivity index (χ3n) is 3.62. The second-order valence-corrected chi connectivity index (χ2v) is 5.79. The Labute approximate surface area is 126 Å². The van der Waals surface area contributed by atoms with Crippen LogP contribution in [0.4, 0.5) is 5.82 Å². The molecule has 0 spiro atoms. The number of hydrogen-bond donors (Lipinski definition) is 1. The molecule has 0 bridgehead atoms. The van der Waals surface area contributed by atoms with Crippen molar-refractivity contribution in [2.45, 2.75) is 26.3 Å². The lowest BCUT2D eigenvalue weighted by atomic mass is 10.1. The van der Waals surface area contributed by atoms with Gasteiger partial charge in [0.1, 0.15) is 5.82 Å². The Hall–Kier alpha value is -0.840. The van der Waals surface area contributed by atoms with Crippen molar-refractivity contribution in [1.29, 1.82) is 0 Å². The number of methoxy groups -OCH3 is 1. The van der Waals surface area contributed by atoms with Gasteiger partial charge in [0.05, 0.1) is 11.6 Å². The van der Waals surface area contributed by atoms with Crippen molar-refractivity contribution < 1.29 is 4.74 Å². The van der Waals surface area contributed by atoms with E-state index in [0.29, 0.717) is 5.92 Å². The second kappa shape index (κ2) is 7.81. The zero-order valence-electron chi connectivity index (χ0n) is 12.4. The Morgan fingerprint density at radius 2 is 2.40 bits per heavy atom. The number of aromatic nitrogens is 1. The number of nitrogens with one attached hydrogen (secondary N) is 1. The molecule has 1 aliphatic rings. The molecule has 0 amide bonds. The van der Waals surface area contributed by atoms with Crippen molar-refractivity contribution in [1.82, 2.24) is 10.3 Å². The Bertz CT molecular complexity index is 428. The lowest BCUT2D eigenvalue weighted by molar-refractivity contribution is 0.161. The molecule has 1 N–H and O–H groups in total. The van der Waals surface area contributed by atoms with E-state index in [4.69, 9.17) is 16.3 Å². The molecule has 1 fully saturated rings. The van der Waals surface area contributed by atoms with Crippen LogP contribution in [0.2, 0.25) is 5.02 Å². The highest BCUT2D eigenvalue weighted by atomic mass is 35.5. The summed E-state index contributed by atoms with van der Waals surface area (Å²) in [5.41, 5.74) is 1.14. The van der Waals surface area contributed by atoms with E-state index < -0.39 is 0 Å². The maximum absolute atomic E-state index is 6.38. The Morgan fingerprint density at radius 1 is 1.55 bits per heavy atom. The third-order valence-corrected chi connectivity index (χ3v) is 3.90. The van der Waals surface area contributed by atoms with E-state index in [0.717, 1.165) is 62.0 Å². The molecule has 5 heteroatoms. The number of pyridine rings is 1. The lowest BCUT2D eigenvalue weighted by Gasteiger charge is -2.19. The van der Waals surface area contributed by atoms with Crippen LogP contribution in [0.5, 0.6) is 0 Å². The van der Waals surface area contributed by atoms with Crippen LogP contribution in [-0.4, -0.2) is 38.3 Å². The normalized spacial score (nSPS) is 18.8. The maximum atomic E-state index is 6.38. The van der Waals surface area contributed by atoms with E-state index >= 15 is 0 Å². The topological polar surface area (TPSA) is 37.4 Å². The highest BCUT2D eigenvalue weighted by Gasteiger charge is 2.24. The van der Waals surface area contributed by atoms with Crippen molar-refractivity contribution in [2.24, 2.45) is 5.92 Å². The molecule has 1 atom stereocenters. The minimum absolute atomic E-state index is 0.587. The molecular formula is C15H24ClN3O. The number of anilines is 1. The van der Waals surface area contributed by atoms with Crippen LogP contribution in [0, 0.1) is 5.92 Å². The summed E-state index contributed by atoms with van der Waals surface area (Å²) in [6.07, 6.45) is 4.20. The number of ether oxygens (including phenoxy) is 1. The summed E-state index contributed by atoms with van der Waals surface area (Å²) < 4.78 is 5.23.